The Balaban J connectivity index is 2.01. The molecule has 0 saturated heterocycles. The Morgan fingerprint density at radius 1 is 1.40 bits per heavy atom. The van der Waals surface area contributed by atoms with E-state index in [-0.39, 0.29) is 12.1 Å². The summed E-state index contributed by atoms with van der Waals surface area (Å²) >= 11 is 0. The standard InChI is InChI=1S/C16H26N2O2/c1-4-7-18-10-13(17)9-15(18)16(19)20-14-6-5-11(2)12(3)8-14/h9-12,14H,4-8,17H2,1-3H3. The normalized spacial score (nSPS) is 26.4. The summed E-state index contributed by atoms with van der Waals surface area (Å²) in [5.41, 5.74) is 6.99. The van der Waals surface area contributed by atoms with Crippen LogP contribution < -0.4 is 5.73 Å². The Morgan fingerprint density at radius 3 is 2.80 bits per heavy atom. The fraction of sp³-hybridized carbons (Fsp3) is 0.688. The van der Waals surface area contributed by atoms with Crippen molar-refractivity contribution in [3.05, 3.63) is 18.0 Å². The van der Waals surface area contributed by atoms with E-state index < -0.39 is 0 Å². The number of nitrogen functional groups attached to an aromatic ring is 1. The molecule has 2 N–H and O–H groups in total. The molecule has 2 rings (SSSR count). The van der Waals surface area contributed by atoms with Gasteiger partial charge in [-0.2, -0.15) is 0 Å². The van der Waals surface area contributed by atoms with Gasteiger partial charge in [0.1, 0.15) is 11.8 Å². The quantitative estimate of drug-likeness (QED) is 0.858. The van der Waals surface area contributed by atoms with E-state index in [2.05, 4.69) is 20.8 Å². The van der Waals surface area contributed by atoms with Crippen molar-refractivity contribution < 1.29 is 9.53 Å². The number of aromatic nitrogens is 1. The Morgan fingerprint density at radius 2 is 2.15 bits per heavy atom. The molecule has 0 aromatic carbocycles. The number of ether oxygens (including phenoxy) is 1. The monoisotopic (exact) mass is 278 g/mol. The third-order valence-electron chi connectivity index (χ3n) is 4.42. The van der Waals surface area contributed by atoms with Crippen LogP contribution in [0.1, 0.15) is 56.9 Å². The van der Waals surface area contributed by atoms with E-state index in [4.69, 9.17) is 10.5 Å². The number of rotatable bonds is 4. The molecular formula is C16H26N2O2. The molecular weight excluding hydrogens is 252 g/mol. The number of hydrogen-bond donors (Lipinski definition) is 1. The molecule has 1 aromatic heterocycles. The average molecular weight is 278 g/mol. The lowest BCUT2D eigenvalue weighted by Gasteiger charge is -2.31. The van der Waals surface area contributed by atoms with Crippen LogP contribution in [0.5, 0.6) is 0 Å². The van der Waals surface area contributed by atoms with Gasteiger partial charge in [0, 0.05) is 12.7 Å². The smallest absolute Gasteiger partial charge is 0.355 e. The summed E-state index contributed by atoms with van der Waals surface area (Å²) in [5.74, 6) is 1.11. The van der Waals surface area contributed by atoms with Crippen LogP contribution in [-0.2, 0) is 11.3 Å². The number of nitrogens with two attached hydrogens (primary N) is 1. The van der Waals surface area contributed by atoms with Crippen LogP contribution in [0.3, 0.4) is 0 Å². The maximum Gasteiger partial charge on any atom is 0.355 e. The topological polar surface area (TPSA) is 57.2 Å². The van der Waals surface area contributed by atoms with Gasteiger partial charge < -0.3 is 15.0 Å². The Kier molecular flexibility index (Phi) is 4.73. The fourth-order valence-corrected chi connectivity index (χ4v) is 2.95. The van der Waals surface area contributed by atoms with Crippen LogP contribution in [0.25, 0.3) is 0 Å². The summed E-state index contributed by atoms with van der Waals surface area (Å²) in [6.07, 6.45) is 5.91. The van der Waals surface area contributed by atoms with Crippen molar-refractivity contribution in [1.29, 1.82) is 0 Å². The van der Waals surface area contributed by atoms with Gasteiger partial charge in [0.25, 0.3) is 0 Å². The first-order valence-corrected chi connectivity index (χ1v) is 7.67. The third-order valence-corrected chi connectivity index (χ3v) is 4.42. The van der Waals surface area contributed by atoms with E-state index in [1.807, 2.05) is 10.8 Å². The lowest BCUT2D eigenvalue weighted by Crippen LogP contribution is -2.29. The van der Waals surface area contributed by atoms with Crippen molar-refractivity contribution in [3.8, 4) is 0 Å². The van der Waals surface area contributed by atoms with E-state index in [1.54, 1.807) is 6.07 Å². The van der Waals surface area contributed by atoms with E-state index >= 15 is 0 Å². The number of carbonyl (C=O) groups excluding carboxylic acids is 1. The summed E-state index contributed by atoms with van der Waals surface area (Å²) in [5, 5.41) is 0. The summed E-state index contributed by atoms with van der Waals surface area (Å²) in [7, 11) is 0. The van der Waals surface area contributed by atoms with Crippen LogP contribution in [0.4, 0.5) is 5.69 Å². The second kappa shape index (κ2) is 6.33. The molecule has 1 fully saturated rings. The molecule has 1 heterocycles. The van der Waals surface area contributed by atoms with Crippen LogP contribution in [-0.4, -0.2) is 16.6 Å². The molecule has 3 atom stereocenters. The van der Waals surface area contributed by atoms with E-state index in [1.165, 1.54) is 0 Å². The highest BCUT2D eigenvalue weighted by Gasteiger charge is 2.28. The highest BCUT2D eigenvalue weighted by molar-refractivity contribution is 5.89. The van der Waals surface area contributed by atoms with Gasteiger partial charge in [-0.05, 0) is 43.6 Å². The molecule has 0 aliphatic heterocycles. The summed E-state index contributed by atoms with van der Waals surface area (Å²) < 4.78 is 7.58. The predicted octanol–water partition coefficient (Wildman–Crippen LogP) is 3.46. The van der Waals surface area contributed by atoms with Gasteiger partial charge in [-0.3, -0.25) is 0 Å². The maximum atomic E-state index is 12.3. The van der Waals surface area contributed by atoms with Crippen LogP contribution >= 0.6 is 0 Å². The van der Waals surface area contributed by atoms with Gasteiger partial charge in [-0.15, -0.1) is 0 Å². The number of esters is 1. The molecule has 4 nitrogen and oxygen atoms in total. The highest BCUT2D eigenvalue weighted by atomic mass is 16.5. The SMILES string of the molecule is CCCn1cc(N)cc1C(=O)OC1CCC(C)C(C)C1. The first-order chi connectivity index (χ1) is 9.51. The average Bonchev–Trinajstić information content (AvgIpc) is 2.75. The van der Waals surface area contributed by atoms with Crippen LogP contribution in [0.2, 0.25) is 0 Å². The zero-order chi connectivity index (χ0) is 14.7. The first-order valence-electron chi connectivity index (χ1n) is 7.67. The molecule has 1 aliphatic rings. The minimum atomic E-state index is -0.234. The van der Waals surface area contributed by atoms with Gasteiger partial charge >= 0.3 is 5.97 Å². The summed E-state index contributed by atoms with van der Waals surface area (Å²) in [6, 6.07) is 1.72. The van der Waals surface area contributed by atoms with Crippen molar-refractivity contribution in [2.24, 2.45) is 11.8 Å². The van der Waals surface area contributed by atoms with Gasteiger partial charge in [0.15, 0.2) is 0 Å². The van der Waals surface area contributed by atoms with Gasteiger partial charge in [0.2, 0.25) is 0 Å². The molecule has 1 saturated carbocycles. The van der Waals surface area contributed by atoms with Crippen molar-refractivity contribution in [2.75, 3.05) is 5.73 Å². The van der Waals surface area contributed by atoms with Gasteiger partial charge in [0.05, 0.1) is 5.69 Å². The Labute approximate surface area is 121 Å². The number of nitrogens with zero attached hydrogens (tertiary/aromatic N) is 1. The second-order valence-corrected chi connectivity index (χ2v) is 6.15. The van der Waals surface area contributed by atoms with E-state index in [0.29, 0.717) is 17.3 Å². The Bertz CT molecular complexity index is 467. The maximum absolute atomic E-state index is 12.3. The molecule has 3 unspecified atom stereocenters. The van der Waals surface area contributed by atoms with E-state index in [0.717, 1.165) is 38.1 Å². The number of anilines is 1. The number of carbonyl (C=O) groups is 1. The lowest BCUT2D eigenvalue weighted by atomic mass is 9.80. The third kappa shape index (κ3) is 3.35. The molecule has 1 aliphatic carbocycles. The largest absolute Gasteiger partial charge is 0.458 e. The van der Waals surface area contributed by atoms with Crippen molar-refractivity contribution in [3.63, 3.8) is 0 Å². The molecule has 0 radical (unpaired) electrons. The highest BCUT2D eigenvalue weighted by Crippen LogP contribution is 2.31. The number of aryl methyl sites for hydroxylation is 1. The fourth-order valence-electron chi connectivity index (χ4n) is 2.95. The molecule has 20 heavy (non-hydrogen) atoms. The van der Waals surface area contributed by atoms with Crippen molar-refractivity contribution in [1.82, 2.24) is 4.57 Å². The van der Waals surface area contributed by atoms with Crippen molar-refractivity contribution in [2.45, 2.75) is 59.1 Å². The lowest BCUT2D eigenvalue weighted by molar-refractivity contribution is 0.00770. The van der Waals surface area contributed by atoms with Crippen LogP contribution in [0.15, 0.2) is 12.3 Å². The molecule has 112 valence electrons. The minimum Gasteiger partial charge on any atom is -0.458 e. The predicted molar refractivity (Wildman–Crippen MR) is 80.5 cm³/mol. The van der Waals surface area contributed by atoms with Crippen LogP contribution in [0, 0.1) is 11.8 Å². The van der Waals surface area contributed by atoms with Crippen molar-refractivity contribution >= 4 is 11.7 Å². The molecule has 4 heteroatoms. The number of hydrogen-bond acceptors (Lipinski definition) is 3. The van der Waals surface area contributed by atoms with E-state index in [9.17, 15) is 4.79 Å². The minimum absolute atomic E-state index is 0.0555. The first kappa shape index (κ1) is 14.9. The summed E-state index contributed by atoms with van der Waals surface area (Å²) in [4.78, 5) is 12.3. The van der Waals surface area contributed by atoms with Gasteiger partial charge in [-0.25, -0.2) is 4.79 Å². The zero-order valence-corrected chi connectivity index (χ0v) is 12.8. The molecule has 1 aromatic rings. The second-order valence-electron chi connectivity index (χ2n) is 6.15. The molecule has 0 bridgehead atoms. The van der Waals surface area contributed by atoms with Gasteiger partial charge in [-0.1, -0.05) is 20.8 Å². The Hall–Kier alpha value is -1.45. The molecule has 0 amide bonds. The summed E-state index contributed by atoms with van der Waals surface area (Å²) in [6.45, 7) is 7.38. The zero-order valence-electron chi connectivity index (χ0n) is 12.8. The molecule has 0 spiro atoms.